The lowest BCUT2D eigenvalue weighted by molar-refractivity contribution is 0.0947. The Morgan fingerprint density at radius 2 is 1.86 bits per heavy atom. The number of fused-ring (bicyclic) bond motifs is 1. The van der Waals surface area contributed by atoms with Crippen LogP contribution in [0.5, 0.6) is 0 Å². The zero-order valence-electron chi connectivity index (χ0n) is 19.9. The fraction of sp³-hybridized carbons (Fsp3) is 0.185. The fourth-order valence-corrected chi connectivity index (χ4v) is 4.18. The molecule has 0 saturated heterocycles. The number of hydrogen-bond acceptors (Lipinski definition) is 5. The first-order valence-electron chi connectivity index (χ1n) is 11.9. The smallest absolute Gasteiger partial charge is 0.254 e. The molecule has 0 radical (unpaired) electrons. The second-order valence-electron chi connectivity index (χ2n) is 9.06. The summed E-state index contributed by atoms with van der Waals surface area (Å²) in [4.78, 5) is 21.7. The van der Waals surface area contributed by atoms with E-state index in [4.69, 9.17) is 4.98 Å². The summed E-state index contributed by atoms with van der Waals surface area (Å²) < 4.78 is 32.1. The highest BCUT2D eigenvalue weighted by atomic mass is 19.1. The summed E-state index contributed by atoms with van der Waals surface area (Å²) in [6, 6.07) is 12.6. The van der Waals surface area contributed by atoms with Gasteiger partial charge in [-0.15, -0.1) is 0 Å². The van der Waals surface area contributed by atoms with Gasteiger partial charge in [0.2, 0.25) is 0 Å². The largest absolute Gasteiger partial charge is 0.361 e. The van der Waals surface area contributed by atoms with Gasteiger partial charge < -0.3 is 10.6 Å². The van der Waals surface area contributed by atoms with E-state index >= 15 is 0 Å². The molecule has 8 nitrogen and oxygen atoms in total. The van der Waals surface area contributed by atoms with Gasteiger partial charge in [0.05, 0.1) is 35.4 Å². The summed E-state index contributed by atoms with van der Waals surface area (Å²) in [5.74, 6) is -0.846. The monoisotopic (exact) mass is 499 g/mol. The van der Waals surface area contributed by atoms with Gasteiger partial charge in [0.15, 0.2) is 11.5 Å². The van der Waals surface area contributed by atoms with Crippen LogP contribution in [-0.2, 0) is 13.6 Å². The highest BCUT2D eigenvalue weighted by Gasteiger charge is 2.25. The first kappa shape index (κ1) is 22.8. The number of carbonyl (C=O) groups is 1. The summed E-state index contributed by atoms with van der Waals surface area (Å²) >= 11 is 0. The lowest BCUT2D eigenvalue weighted by Gasteiger charge is -2.12. The molecule has 1 amide bonds. The molecule has 186 valence electrons. The molecule has 2 N–H and O–H groups in total. The molecule has 3 aromatic heterocycles. The van der Waals surface area contributed by atoms with Crippen molar-refractivity contribution in [2.75, 3.05) is 5.32 Å². The first-order chi connectivity index (χ1) is 18.0. The minimum Gasteiger partial charge on any atom is -0.361 e. The van der Waals surface area contributed by atoms with E-state index in [0.717, 1.165) is 18.5 Å². The van der Waals surface area contributed by atoms with Gasteiger partial charge >= 0.3 is 0 Å². The number of nitrogens with one attached hydrogen (secondary N) is 2. The van der Waals surface area contributed by atoms with Crippen LogP contribution in [0.3, 0.4) is 0 Å². The molecule has 1 saturated carbocycles. The van der Waals surface area contributed by atoms with E-state index in [1.807, 2.05) is 17.5 Å². The predicted molar refractivity (Wildman–Crippen MR) is 135 cm³/mol. The highest BCUT2D eigenvalue weighted by molar-refractivity contribution is 5.95. The van der Waals surface area contributed by atoms with Crippen LogP contribution in [0.2, 0.25) is 0 Å². The van der Waals surface area contributed by atoms with Crippen LogP contribution in [-0.4, -0.2) is 36.1 Å². The van der Waals surface area contributed by atoms with E-state index in [1.165, 1.54) is 24.3 Å². The van der Waals surface area contributed by atoms with Gasteiger partial charge in [0.25, 0.3) is 5.91 Å². The van der Waals surface area contributed by atoms with E-state index in [9.17, 15) is 13.6 Å². The van der Waals surface area contributed by atoms with Crippen molar-refractivity contribution < 1.29 is 13.6 Å². The molecule has 0 unspecified atom stereocenters. The predicted octanol–water partition coefficient (Wildman–Crippen LogP) is 4.58. The van der Waals surface area contributed by atoms with Crippen molar-refractivity contribution in [1.82, 2.24) is 29.5 Å². The van der Waals surface area contributed by atoms with Gasteiger partial charge in [0, 0.05) is 36.6 Å². The van der Waals surface area contributed by atoms with Crippen molar-refractivity contribution in [1.29, 1.82) is 0 Å². The normalized spacial score (nSPS) is 13.2. The number of amides is 1. The van der Waals surface area contributed by atoms with E-state index in [0.29, 0.717) is 40.5 Å². The number of aromatic nitrogens is 5. The molecule has 3 heterocycles. The Labute approximate surface area is 211 Å². The molecule has 5 aromatic rings. The van der Waals surface area contributed by atoms with Crippen molar-refractivity contribution in [2.45, 2.75) is 25.4 Å². The third-order valence-electron chi connectivity index (χ3n) is 6.41. The minimum absolute atomic E-state index is 0.0108. The van der Waals surface area contributed by atoms with E-state index in [-0.39, 0.29) is 17.4 Å². The number of benzene rings is 2. The van der Waals surface area contributed by atoms with Crippen molar-refractivity contribution in [2.24, 2.45) is 7.05 Å². The molecule has 37 heavy (non-hydrogen) atoms. The van der Waals surface area contributed by atoms with Crippen LogP contribution in [0.1, 0.15) is 28.9 Å². The Kier molecular flexibility index (Phi) is 5.63. The van der Waals surface area contributed by atoms with E-state index < -0.39 is 11.7 Å². The number of nitrogens with zero attached hydrogens (tertiary/aromatic N) is 5. The third-order valence-corrected chi connectivity index (χ3v) is 6.41. The molecule has 1 aliphatic rings. The lowest BCUT2D eigenvalue weighted by atomic mass is 10.1. The molecule has 1 aliphatic carbocycles. The van der Waals surface area contributed by atoms with Gasteiger partial charge in [-0.25, -0.2) is 18.7 Å². The first-order valence-corrected chi connectivity index (χ1v) is 11.9. The Hall–Kier alpha value is -4.60. The summed E-state index contributed by atoms with van der Waals surface area (Å²) in [6.07, 6.45) is 6.99. The van der Waals surface area contributed by atoms with Crippen molar-refractivity contribution >= 4 is 17.4 Å². The van der Waals surface area contributed by atoms with Crippen LogP contribution < -0.4 is 10.6 Å². The summed E-state index contributed by atoms with van der Waals surface area (Å²) in [5, 5.41) is 10.3. The minimum atomic E-state index is -0.604. The second-order valence-corrected chi connectivity index (χ2v) is 9.06. The number of carbonyl (C=O) groups excluding carboxylic acids is 1. The van der Waals surface area contributed by atoms with Gasteiger partial charge in [-0.3, -0.25) is 13.9 Å². The van der Waals surface area contributed by atoms with Gasteiger partial charge in [-0.1, -0.05) is 6.07 Å². The lowest BCUT2D eigenvalue weighted by Crippen LogP contribution is -2.26. The molecular weight excluding hydrogens is 476 g/mol. The Bertz CT molecular complexity index is 1620. The van der Waals surface area contributed by atoms with Gasteiger partial charge in [-0.05, 0) is 55.3 Å². The van der Waals surface area contributed by atoms with Crippen molar-refractivity contribution in [3.8, 4) is 22.5 Å². The van der Waals surface area contributed by atoms with Gasteiger partial charge in [0.1, 0.15) is 11.6 Å². The number of hydrogen-bond donors (Lipinski definition) is 2. The molecule has 0 aliphatic heterocycles. The Morgan fingerprint density at radius 1 is 1.08 bits per heavy atom. The number of aryl methyl sites for hydroxylation is 1. The summed E-state index contributed by atoms with van der Waals surface area (Å²) in [5.41, 5.74) is 3.97. The Balaban J connectivity index is 1.41. The van der Waals surface area contributed by atoms with Crippen LogP contribution in [0.25, 0.3) is 28.2 Å². The summed E-state index contributed by atoms with van der Waals surface area (Å²) in [7, 11) is 1.85. The standard InChI is InChI=1S/C27H23F2N7O/c1-35-20(10-11-32-35)13-30-25-26-31-14-24(36(26)15-23(34-25)16-2-5-18(28)6-3-16)17-4-9-21(22(29)12-17)27(37)33-19-7-8-19/h2-6,9-12,14-15,19H,7-8,13H2,1H3,(H,30,34)(H,33,37). The maximum atomic E-state index is 15.0. The zero-order chi connectivity index (χ0) is 25.5. The molecule has 0 spiro atoms. The van der Waals surface area contributed by atoms with Crippen LogP contribution in [0, 0.1) is 11.6 Å². The molecule has 2 aromatic carbocycles. The SMILES string of the molecule is Cn1nccc1CNc1nc(-c2ccc(F)cc2)cn2c(-c3ccc(C(=O)NC4CC4)c(F)c3)cnc12. The van der Waals surface area contributed by atoms with Crippen LogP contribution in [0.4, 0.5) is 14.6 Å². The van der Waals surface area contributed by atoms with Crippen molar-refractivity contribution in [3.05, 3.63) is 90.0 Å². The van der Waals surface area contributed by atoms with Gasteiger partial charge in [-0.2, -0.15) is 5.10 Å². The van der Waals surface area contributed by atoms with E-state index in [1.54, 1.807) is 41.5 Å². The fourth-order valence-electron chi connectivity index (χ4n) is 4.18. The Morgan fingerprint density at radius 3 is 2.57 bits per heavy atom. The molecule has 10 heteroatoms. The van der Waals surface area contributed by atoms with Crippen molar-refractivity contribution in [3.63, 3.8) is 0 Å². The molecule has 1 fully saturated rings. The number of imidazole rings is 1. The number of halogens is 2. The average Bonchev–Trinajstić information content (AvgIpc) is 3.44. The molecular formula is C27H23F2N7O. The quantitative estimate of drug-likeness (QED) is 0.342. The zero-order valence-corrected chi connectivity index (χ0v) is 19.9. The van der Waals surface area contributed by atoms with E-state index in [2.05, 4.69) is 20.7 Å². The second kappa shape index (κ2) is 9.12. The molecule has 0 atom stereocenters. The molecule has 0 bridgehead atoms. The maximum absolute atomic E-state index is 15.0. The molecule has 6 rings (SSSR count). The van der Waals surface area contributed by atoms with Crippen LogP contribution >= 0.6 is 0 Å². The maximum Gasteiger partial charge on any atom is 0.254 e. The summed E-state index contributed by atoms with van der Waals surface area (Å²) in [6.45, 7) is 0.452. The highest BCUT2D eigenvalue weighted by Crippen LogP contribution is 2.29. The number of anilines is 1. The van der Waals surface area contributed by atoms with Crippen LogP contribution in [0.15, 0.2) is 67.1 Å². The average molecular weight is 500 g/mol. The topological polar surface area (TPSA) is 89.1 Å². The third kappa shape index (κ3) is 4.53. The number of rotatable bonds is 7.